The minimum absolute atomic E-state index is 0.0591. The predicted octanol–water partition coefficient (Wildman–Crippen LogP) is 3.71. The van der Waals surface area contributed by atoms with Gasteiger partial charge in [-0.3, -0.25) is 10.1 Å². The molecule has 0 heterocycles. The van der Waals surface area contributed by atoms with Gasteiger partial charge in [0.1, 0.15) is 6.61 Å². The first-order valence-electron chi connectivity index (χ1n) is 7.43. The summed E-state index contributed by atoms with van der Waals surface area (Å²) in [6.07, 6.45) is 0.703. The third kappa shape index (κ3) is 5.92. The average Bonchev–Trinajstić information content (AvgIpc) is 2.59. The van der Waals surface area contributed by atoms with Gasteiger partial charge in [-0.1, -0.05) is 42.5 Å². The van der Waals surface area contributed by atoms with Gasteiger partial charge in [0, 0.05) is 12.1 Å². The van der Waals surface area contributed by atoms with Crippen LogP contribution in [0, 0.1) is 10.1 Å². The second-order valence-corrected chi connectivity index (χ2v) is 5.81. The van der Waals surface area contributed by atoms with Gasteiger partial charge in [-0.25, -0.2) is 4.79 Å². The van der Waals surface area contributed by atoms with Crippen LogP contribution in [0.15, 0.2) is 54.6 Å². The lowest BCUT2D eigenvalue weighted by atomic mass is 10.1. The molecule has 0 fully saturated rings. The molecule has 1 N–H and O–H groups in total. The Morgan fingerprint density at radius 2 is 1.79 bits per heavy atom. The molecule has 0 bridgehead atoms. The normalized spacial score (nSPS) is 11.5. The number of nitrogens with zero attached hydrogens (tertiary/aromatic N) is 1. The minimum Gasteiger partial charge on any atom is -0.445 e. The molecule has 6 nitrogen and oxygen atoms in total. The molecule has 1 amide bonds. The van der Waals surface area contributed by atoms with E-state index in [1.165, 1.54) is 12.1 Å². The van der Waals surface area contributed by atoms with Crippen molar-refractivity contribution in [1.82, 2.24) is 5.32 Å². The number of alkyl carbamates (subject to hydrolysis) is 1. The molecule has 1 unspecified atom stereocenters. The maximum atomic E-state index is 11.7. The summed E-state index contributed by atoms with van der Waals surface area (Å²) in [5.74, 6) is 0. The predicted molar refractivity (Wildman–Crippen MR) is 94.0 cm³/mol. The van der Waals surface area contributed by atoms with Gasteiger partial charge in [-0.2, -0.15) is 12.6 Å². The second-order valence-electron chi connectivity index (χ2n) is 5.18. The van der Waals surface area contributed by atoms with E-state index in [1.54, 1.807) is 12.1 Å². The molecule has 2 aromatic carbocycles. The highest BCUT2D eigenvalue weighted by Crippen LogP contribution is 2.14. The van der Waals surface area contributed by atoms with Crippen LogP contribution in [0.3, 0.4) is 0 Å². The zero-order valence-electron chi connectivity index (χ0n) is 12.9. The van der Waals surface area contributed by atoms with Gasteiger partial charge in [0.15, 0.2) is 0 Å². The fourth-order valence-electron chi connectivity index (χ4n) is 2.06. The van der Waals surface area contributed by atoms with E-state index >= 15 is 0 Å². The number of carbonyl (C=O) groups excluding carboxylic acids is 1. The molecule has 2 aromatic rings. The van der Waals surface area contributed by atoms with Crippen molar-refractivity contribution in [2.45, 2.75) is 24.8 Å². The van der Waals surface area contributed by atoms with E-state index in [-0.39, 0.29) is 17.7 Å². The van der Waals surface area contributed by atoms with Gasteiger partial charge in [0.2, 0.25) is 0 Å². The van der Waals surface area contributed by atoms with Crippen LogP contribution >= 0.6 is 12.6 Å². The fraction of sp³-hybridized carbons (Fsp3) is 0.235. The van der Waals surface area contributed by atoms with Crippen molar-refractivity contribution in [3.05, 3.63) is 75.8 Å². The van der Waals surface area contributed by atoms with Crippen molar-refractivity contribution in [2.75, 3.05) is 0 Å². The Kier molecular flexibility index (Phi) is 6.62. The molecule has 0 aliphatic rings. The Balaban J connectivity index is 1.71. The van der Waals surface area contributed by atoms with Crippen molar-refractivity contribution in [2.24, 2.45) is 0 Å². The van der Waals surface area contributed by atoms with E-state index in [0.29, 0.717) is 12.8 Å². The summed E-state index contributed by atoms with van der Waals surface area (Å²) >= 11 is 4.31. The van der Waals surface area contributed by atoms with E-state index in [2.05, 4.69) is 17.9 Å². The van der Waals surface area contributed by atoms with Crippen molar-refractivity contribution < 1.29 is 14.5 Å². The van der Waals surface area contributed by atoms with Gasteiger partial charge >= 0.3 is 6.09 Å². The Labute approximate surface area is 145 Å². The van der Waals surface area contributed by atoms with Crippen LogP contribution in [0.1, 0.15) is 17.5 Å². The van der Waals surface area contributed by atoms with E-state index < -0.39 is 11.0 Å². The molecule has 126 valence electrons. The Morgan fingerprint density at radius 3 is 2.42 bits per heavy atom. The molecular weight excluding hydrogens is 328 g/mol. The van der Waals surface area contributed by atoms with Crippen molar-refractivity contribution in [1.29, 1.82) is 0 Å². The molecule has 0 saturated carbocycles. The number of hydrogen-bond acceptors (Lipinski definition) is 5. The van der Waals surface area contributed by atoms with Gasteiger partial charge in [-0.15, -0.1) is 0 Å². The van der Waals surface area contributed by atoms with E-state index in [9.17, 15) is 14.9 Å². The number of thiol groups is 1. The zero-order chi connectivity index (χ0) is 17.4. The monoisotopic (exact) mass is 346 g/mol. The summed E-state index contributed by atoms with van der Waals surface area (Å²) in [6.45, 7) is 0.204. The lowest BCUT2D eigenvalue weighted by molar-refractivity contribution is -0.384. The molecule has 0 spiro atoms. The molecule has 0 saturated heterocycles. The number of nitro groups is 1. The molecular formula is C17H18N2O4S. The third-order valence-electron chi connectivity index (χ3n) is 3.35. The summed E-state index contributed by atoms with van der Waals surface area (Å²) in [7, 11) is 0. The van der Waals surface area contributed by atoms with Crippen LogP contribution in [-0.4, -0.2) is 16.4 Å². The second kappa shape index (κ2) is 8.93. The van der Waals surface area contributed by atoms with Crippen LogP contribution in [0.5, 0.6) is 0 Å². The Morgan fingerprint density at radius 1 is 1.12 bits per heavy atom. The largest absolute Gasteiger partial charge is 0.445 e. The van der Waals surface area contributed by atoms with E-state index in [1.807, 2.05) is 30.3 Å². The summed E-state index contributed by atoms with van der Waals surface area (Å²) in [4.78, 5) is 21.9. The molecule has 0 aliphatic carbocycles. The topological polar surface area (TPSA) is 81.5 Å². The van der Waals surface area contributed by atoms with Crippen LogP contribution in [-0.2, 0) is 17.8 Å². The van der Waals surface area contributed by atoms with Crippen LogP contribution in [0.25, 0.3) is 0 Å². The van der Waals surface area contributed by atoms with Gasteiger partial charge in [0.25, 0.3) is 5.69 Å². The lowest BCUT2D eigenvalue weighted by Crippen LogP contribution is -2.31. The SMILES string of the molecule is O=C(NC(S)CCc1ccc([N+](=O)[O-])cc1)OCc1ccccc1. The number of ether oxygens (including phenoxy) is 1. The maximum Gasteiger partial charge on any atom is 0.408 e. The first-order valence-corrected chi connectivity index (χ1v) is 7.95. The first-order chi connectivity index (χ1) is 11.5. The number of rotatable bonds is 7. The molecule has 2 rings (SSSR count). The van der Waals surface area contributed by atoms with E-state index in [0.717, 1.165) is 11.1 Å². The number of benzene rings is 2. The Hall–Kier alpha value is -2.54. The number of nitrogens with one attached hydrogen (secondary N) is 1. The highest BCUT2D eigenvalue weighted by Gasteiger charge is 2.10. The number of amides is 1. The quantitative estimate of drug-likeness (QED) is 0.347. The first kappa shape index (κ1) is 17.8. The number of carbonyl (C=O) groups is 1. The van der Waals surface area contributed by atoms with Gasteiger partial charge in [-0.05, 0) is 24.0 Å². The highest BCUT2D eigenvalue weighted by molar-refractivity contribution is 7.80. The number of hydrogen-bond donors (Lipinski definition) is 2. The van der Waals surface area contributed by atoms with Crippen LogP contribution < -0.4 is 5.32 Å². The highest BCUT2D eigenvalue weighted by atomic mass is 32.1. The average molecular weight is 346 g/mol. The molecule has 1 atom stereocenters. The standard InChI is InChI=1S/C17H18N2O4S/c20-17(23-12-14-4-2-1-3-5-14)18-16(24)11-8-13-6-9-15(10-7-13)19(21)22/h1-7,9-10,16,24H,8,11-12H2,(H,18,20). The third-order valence-corrected chi connectivity index (χ3v) is 3.74. The molecule has 0 aromatic heterocycles. The van der Waals surface area contributed by atoms with E-state index in [4.69, 9.17) is 4.74 Å². The van der Waals surface area contributed by atoms with Crippen molar-refractivity contribution >= 4 is 24.4 Å². The van der Waals surface area contributed by atoms with Gasteiger partial charge < -0.3 is 10.1 Å². The molecule has 7 heteroatoms. The summed E-state index contributed by atoms with van der Waals surface area (Å²) in [5.41, 5.74) is 1.91. The summed E-state index contributed by atoms with van der Waals surface area (Å²) in [6, 6.07) is 15.7. The number of aryl methyl sites for hydroxylation is 1. The number of non-ortho nitro benzene ring substituents is 1. The molecule has 0 aliphatic heterocycles. The molecule has 24 heavy (non-hydrogen) atoms. The fourth-order valence-corrected chi connectivity index (χ4v) is 2.30. The lowest BCUT2D eigenvalue weighted by Gasteiger charge is -2.13. The Bertz CT molecular complexity index is 677. The summed E-state index contributed by atoms with van der Waals surface area (Å²) in [5, 5.41) is 12.9. The number of nitro benzene ring substituents is 1. The van der Waals surface area contributed by atoms with Gasteiger partial charge in [0.05, 0.1) is 10.3 Å². The van der Waals surface area contributed by atoms with Crippen LogP contribution in [0.4, 0.5) is 10.5 Å². The minimum atomic E-state index is -0.525. The summed E-state index contributed by atoms with van der Waals surface area (Å²) < 4.78 is 5.12. The zero-order valence-corrected chi connectivity index (χ0v) is 13.8. The van der Waals surface area contributed by atoms with Crippen molar-refractivity contribution in [3.8, 4) is 0 Å². The smallest absolute Gasteiger partial charge is 0.408 e. The van der Waals surface area contributed by atoms with Crippen LogP contribution in [0.2, 0.25) is 0 Å². The maximum absolute atomic E-state index is 11.7. The van der Waals surface area contributed by atoms with Crippen molar-refractivity contribution in [3.63, 3.8) is 0 Å². The molecule has 0 radical (unpaired) electrons.